The molecule has 0 aliphatic carbocycles. The van der Waals surface area contributed by atoms with E-state index in [4.69, 9.17) is 0 Å². The van der Waals surface area contributed by atoms with E-state index in [2.05, 4.69) is 9.72 Å². The highest BCUT2D eigenvalue weighted by molar-refractivity contribution is 7.99. The van der Waals surface area contributed by atoms with Gasteiger partial charge in [-0.15, -0.1) is 0 Å². The summed E-state index contributed by atoms with van der Waals surface area (Å²) in [4.78, 5) is 27.4. The summed E-state index contributed by atoms with van der Waals surface area (Å²) in [5.41, 5.74) is 1.81. The number of aldehydes is 1. The molecule has 0 atom stereocenters. The first-order valence-corrected chi connectivity index (χ1v) is 6.74. The van der Waals surface area contributed by atoms with Gasteiger partial charge in [-0.2, -0.15) is 0 Å². The fourth-order valence-corrected chi connectivity index (χ4v) is 2.46. The lowest BCUT2D eigenvalue weighted by Crippen LogP contribution is -2.00. The third-order valence-electron chi connectivity index (χ3n) is 2.73. The van der Waals surface area contributed by atoms with Gasteiger partial charge in [0.2, 0.25) is 0 Å². The van der Waals surface area contributed by atoms with E-state index in [1.807, 2.05) is 12.1 Å². The highest BCUT2D eigenvalue weighted by Gasteiger charge is 2.06. The molecule has 1 aromatic carbocycles. The summed E-state index contributed by atoms with van der Waals surface area (Å²) in [7, 11) is 1.35. The lowest BCUT2D eigenvalue weighted by atomic mass is 10.2. The summed E-state index contributed by atoms with van der Waals surface area (Å²) in [5, 5.41) is 0.805. The quantitative estimate of drug-likeness (QED) is 0.638. The van der Waals surface area contributed by atoms with Gasteiger partial charge in [0.1, 0.15) is 5.03 Å². The smallest absolute Gasteiger partial charge is 0.337 e. The predicted molar refractivity (Wildman–Crippen MR) is 76.3 cm³/mol. The van der Waals surface area contributed by atoms with Crippen LogP contribution in [0.3, 0.4) is 0 Å². The summed E-state index contributed by atoms with van der Waals surface area (Å²) in [6.45, 7) is 1.80. The fraction of sp³-hybridized carbons (Fsp3) is 0.133. The molecule has 0 radical (unpaired) electrons. The summed E-state index contributed by atoms with van der Waals surface area (Å²) in [6.07, 6.45) is 0.794. The van der Waals surface area contributed by atoms with E-state index in [-0.39, 0.29) is 5.97 Å². The number of esters is 1. The van der Waals surface area contributed by atoms with Crippen molar-refractivity contribution in [1.29, 1.82) is 0 Å². The van der Waals surface area contributed by atoms with Gasteiger partial charge in [-0.25, -0.2) is 9.78 Å². The molecule has 4 nitrogen and oxygen atoms in total. The Morgan fingerprint density at radius 2 is 1.90 bits per heavy atom. The number of nitrogens with zero attached hydrogens (tertiary/aromatic N) is 1. The summed E-state index contributed by atoms with van der Waals surface area (Å²) in [5.74, 6) is -0.356. The topological polar surface area (TPSA) is 56.3 Å². The maximum Gasteiger partial charge on any atom is 0.337 e. The Bertz CT molecular complexity index is 638. The van der Waals surface area contributed by atoms with E-state index in [1.54, 1.807) is 31.2 Å². The van der Waals surface area contributed by atoms with E-state index >= 15 is 0 Å². The van der Waals surface area contributed by atoms with Crippen LogP contribution in [-0.2, 0) is 4.74 Å². The van der Waals surface area contributed by atoms with Crippen LogP contribution >= 0.6 is 11.8 Å². The molecule has 0 saturated carbocycles. The van der Waals surface area contributed by atoms with Crippen molar-refractivity contribution in [3.05, 3.63) is 53.2 Å². The van der Waals surface area contributed by atoms with Gasteiger partial charge in [0.15, 0.2) is 6.29 Å². The van der Waals surface area contributed by atoms with Crippen LogP contribution < -0.4 is 0 Å². The highest BCUT2D eigenvalue weighted by Crippen LogP contribution is 2.26. The summed E-state index contributed by atoms with van der Waals surface area (Å²) >= 11 is 1.47. The summed E-state index contributed by atoms with van der Waals surface area (Å²) < 4.78 is 4.64. The fourth-order valence-electron chi connectivity index (χ4n) is 1.63. The minimum Gasteiger partial charge on any atom is -0.465 e. The number of carbonyl (C=O) groups excluding carboxylic acids is 2. The maximum atomic E-state index is 11.3. The van der Waals surface area contributed by atoms with Gasteiger partial charge in [-0.3, -0.25) is 4.79 Å². The third-order valence-corrected chi connectivity index (χ3v) is 3.67. The van der Waals surface area contributed by atoms with Crippen molar-refractivity contribution < 1.29 is 14.3 Å². The Kier molecular flexibility index (Phi) is 4.53. The van der Waals surface area contributed by atoms with Crippen molar-refractivity contribution in [2.24, 2.45) is 0 Å². The number of methoxy groups -OCH3 is 1. The van der Waals surface area contributed by atoms with E-state index in [0.717, 1.165) is 16.2 Å². The Morgan fingerprint density at radius 3 is 2.45 bits per heavy atom. The maximum absolute atomic E-state index is 11.3. The molecular formula is C15H13NO3S. The molecule has 0 N–H and O–H groups in total. The van der Waals surface area contributed by atoms with Crippen molar-refractivity contribution in [1.82, 2.24) is 4.98 Å². The molecule has 0 saturated heterocycles. The number of pyridine rings is 1. The first kappa shape index (κ1) is 14.3. The number of rotatable bonds is 4. The van der Waals surface area contributed by atoms with Gasteiger partial charge in [0.25, 0.3) is 0 Å². The number of ether oxygens (including phenoxy) is 1. The van der Waals surface area contributed by atoms with Gasteiger partial charge in [0, 0.05) is 16.2 Å². The van der Waals surface area contributed by atoms with Crippen LogP contribution in [0.2, 0.25) is 0 Å². The number of carbonyl (C=O) groups is 2. The van der Waals surface area contributed by atoms with E-state index in [1.165, 1.54) is 18.9 Å². The van der Waals surface area contributed by atoms with Gasteiger partial charge in [-0.05, 0) is 43.3 Å². The SMILES string of the molecule is COC(=O)c1ccc(Sc2ccc(C=O)c(C)n2)cc1. The number of aryl methyl sites for hydroxylation is 1. The van der Waals surface area contributed by atoms with Gasteiger partial charge in [-0.1, -0.05) is 11.8 Å². The minimum absolute atomic E-state index is 0.356. The molecule has 0 aliphatic heterocycles. The highest BCUT2D eigenvalue weighted by atomic mass is 32.2. The normalized spacial score (nSPS) is 10.1. The predicted octanol–water partition coefficient (Wildman–Crippen LogP) is 3.14. The number of benzene rings is 1. The lowest BCUT2D eigenvalue weighted by Gasteiger charge is -2.04. The van der Waals surface area contributed by atoms with Gasteiger partial charge < -0.3 is 4.74 Å². The van der Waals surface area contributed by atoms with Crippen molar-refractivity contribution >= 4 is 24.0 Å². The lowest BCUT2D eigenvalue weighted by molar-refractivity contribution is 0.0600. The zero-order valence-corrected chi connectivity index (χ0v) is 11.9. The Hall–Kier alpha value is -2.14. The minimum atomic E-state index is -0.356. The van der Waals surface area contributed by atoms with Gasteiger partial charge >= 0.3 is 5.97 Å². The molecule has 20 heavy (non-hydrogen) atoms. The monoisotopic (exact) mass is 287 g/mol. The standard InChI is InChI=1S/C15H13NO3S/c1-10-12(9-17)5-8-14(16-10)20-13-6-3-11(4-7-13)15(18)19-2/h3-9H,1-2H3. The van der Waals surface area contributed by atoms with Crippen LogP contribution in [0.15, 0.2) is 46.3 Å². The van der Waals surface area contributed by atoms with Crippen LogP contribution in [-0.4, -0.2) is 24.3 Å². The molecule has 2 rings (SSSR count). The molecule has 0 unspecified atom stereocenters. The molecule has 0 aliphatic rings. The Balaban J connectivity index is 2.16. The van der Waals surface area contributed by atoms with E-state index in [9.17, 15) is 9.59 Å². The van der Waals surface area contributed by atoms with E-state index in [0.29, 0.717) is 16.8 Å². The first-order valence-electron chi connectivity index (χ1n) is 5.93. The molecule has 1 aromatic heterocycles. The zero-order valence-electron chi connectivity index (χ0n) is 11.1. The van der Waals surface area contributed by atoms with Crippen molar-refractivity contribution in [3.8, 4) is 0 Å². The summed E-state index contributed by atoms with van der Waals surface area (Å²) in [6, 6.07) is 10.6. The van der Waals surface area contributed by atoms with Crippen LogP contribution in [0.1, 0.15) is 26.4 Å². The second-order valence-electron chi connectivity index (χ2n) is 4.06. The average Bonchev–Trinajstić information content (AvgIpc) is 2.47. The van der Waals surface area contributed by atoms with Crippen LogP contribution in [0.4, 0.5) is 0 Å². The number of hydrogen-bond donors (Lipinski definition) is 0. The van der Waals surface area contributed by atoms with Gasteiger partial charge in [0.05, 0.1) is 12.7 Å². The number of hydrogen-bond acceptors (Lipinski definition) is 5. The molecule has 1 heterocycles. The molecular weight excluding hydrogens is 274 g/mol. The van der Waals surface area contributed by atoms with Crippen LogP contribution in [0.5, 0.6) is 0 Å². The van der Waals surface area contributed by atoms with Crippen LogP contribution in [0.25, 0.3) is 0 Å². The zero-order chi connectivity index (χ0) is 14.5. The molecule has 102 valence electrons. The Labute approximate surface area is 121 Å². The third kappa shape index (κ3) is 3.24. The molecule has 0 spiro atoms. The largest absolute Gasteiger partial charge is 0.465 e. The molecule has 0 bridgehead atoms. The second-order valence-corrected chi connectivity index (χ2v) is 5.15. The van der Waals surface area contributed by atoms with E-state index < -0.39 is 0 Å². The van der Waals surface area contributed by atoms with Crippen molar-refractivity contribution in [3.63, 3.8) is 0 Å². The second kappa shape index (κ2) is 6.34. The van der Waals surface area contributed by atoms with Crippen LogP contribution in [0, 0.1) is 6.92 Å². The number of aromatic nitrogens is 1. The molecule has 0 amide bonds. The Morgan fingerprint density at radius 1 is 1.20 bits per heavy atom. The average molecular weight is 287 g/mol. The molecule has 0 fully saturated rings. The van der Waals surface area contributed by atoms with Crippen molar-refractivity contribution in [2.75, 3.05) is 7.11 Å². The molecule has 2 aromatic rings. The first-order chi connectivity index (χ1) is 9.63. The molecule has 5 heteroatoms. The van der Waals surface area contributed by atoms with Crippen molar-refractivity contribution in [2.45, 2.75) is 16.8 Å².